The third-order valence-electron chi connectivity index (χ3n) is 3.46. The van der Waals surface area contributed by atoms with Gasteiger partial charge >= 0.3 is 0 Å². The smallest absolute Gasteiger partial charge is 0.233 e. The van der Waals surface area contributed by atoms with Gasteiger partial charge in [-0.15, -0.1) is 11.3 Å². The van der Waals surface area contributed by atoms with Gasteiger partial charge in [0, 0.05) is 17.8 Å². The Morgan fingerprint density at radius 2 is 2.38 bits per heavy atom. The SMILES string of the molecule is NCC1(C(=O)Nc2nc(C3CC3)cs2)CC1. The molecule has 1 aromatic rings. The van der Waals surface area contributed by atoms with Crippen molar-refractivity contribution in [3.8, 4) is 0 Å². The van der Waals surface area contributed by atoms with Gasteiger partial charge in [0.05, 0.1) is 11.1 Å². The summed E-state index contributed by atoms with van der Waals surface area (Å²) in [6, 6.07) is 0. The predicted molar refractivity (Wildman–Crippen MR) is 63.4 cm³/mol. The lowest BCUT2D eigenvalue weighted by molar-refractivity contribution is -0.120. The number of hydrogen-bond donors (Lipinski definition) is 2. The summed E-state index contributed by atoms with van der Waals surface area (Å²) in [6.45, 7) is 0.444. The van der Waals surface area contributed by atoms with Crippen LogP contribution in [0.1, 0.15) is 37.3 Å². The minimum atomic E-state index is -0.286. The van der Waals surface area contributed by atoms with Crippen molar-refractivity contribution in [3.63, 3.8) is 0 Å². The van der Waals surface area contributed by atoms with Crippen LogP contribution in [0.15, 0.2) is 5.38 Å². The Kier molecular flexibility index (Phi) is 2.26. The van der Waals surface area contributed by atoms with Gasteiger partial charge in [0.1, 0.15) is 0 Å². The maximum atomic E-state index is 11.9. The van der Waals surface area contributed by atoms with Gasteiger partial charge in [-0.2, -0.15) is 0 Å². The van der Waals surface area contributed by atoms with Gasteiger partial charge in [-0.05, 0) is 25.7 Å². The molecule has 0 unspecified atom stereocenters. The molecular formula is C11H15N3OS. The molecule has 0 aromatic carbocycles. The van der Waals surface area contributed by atoms with Crippen molar-refractivity contribution in [1.82, 2.24) is 4.98 Å². The van der Waals surface area contributed by atoms with Crippen molar-refractivity contribution in [3.05, 3.63) is 11.1 Å². The van der Waals surface area contributed by atoms with Crippen LogP contribution in [0.3, 0.4) is 0 Å². The highest BCUT2D eigenvalue weighted by Gasteiger charge is 2.48. The Hall–Kier alpha value is -0.940. The second-order valence-corrected chi connectivity index (χ2v) is 5.65. The highest BCUT2D eigenvalue weighted by Crippen LogP contribution is 2.46. The van der Waals surface area contributed by atoms with Gasteiger partial charge in [-0.25, -0.2) is 4.98 Å². The summed E-state index contributed by atoms with van der Waals surface area (Å²) in [4.78, 5) is 16.3. The Balaban J connectivity index is 1.66. The topological polar surface area (TPSA) is 68.0 Å². The van der Waals surface area contributed by atoms with Crippen molar-refractivity contribution in [2.45, 2.75) is 31.6 Å². The zero-order chi connectivity index (χ0) is 11.2. The minimum absolute atomic E-state index is 0.0479. The number of nitrogens with two attached hydrogens (primary N) is 1. The molecule has 86 valence electrons. The third-order valence-corrected chi connectivity index (χ3v) is 4.24. The van der Waals surface area contributed by atoms with Gasteiger partial charge in [0.25, 0.3) is 0 Å². The van der Waals surface area contributed by atoms with Crippen molar-refractivity contribution in [2.75, 3.05) is 11.9 Å². The molecule has 0 saturated heterocycles. The van der Waals surface area contributed by atoms with E-state index >= 15 is 0 Å². The largest absolute Gasteiger partial charge is 0.329 e. The standard InChI is InChI=1S/C11H15N3OS/c12-6-11(3-4-11)9(15)14-10-13-8(5-16-10)7-1-2-7/h5,7H,1-4,6,12H2,(H,13,14,15). The zero-order valence-electron chi connectivity index (χ0n) is 9.03. The highest BCUT2D eigenvalue weighted by atomic mass is 32.1. The van der Waals surface area contributed by atoms with E-state index in [1.54, 1.807) is 0 Å². The number of hydrogen-bond acceptors (Lipinski definition) is 4. The molecule has 16 heavy (non-hydrogen) atoms. The summed E-state index contributed by atoms with van der Waals surface area (Å²) in [6.07, 6.45) is 4.31. The fourth-order valence-corrected chi connectivity index (χ4v) is 2.60. The van der Waals surface area contributed by atoms with Crippen LogP contribution in [0.2, 0.25) is 0 Å². The van der Waals surface area contributed by atoms with E-state index < -0.39 is 0 Å². The lowest BCUT2D eigenvalue weighted by atomic mass is 10.1. The first-order valence-corrected chi connectivity index (χ1v) is 6.58. The Bertz CT molecular complexity index is 421. The van der Waals surface area contributed by atoms with Crippen molar-refractivity contribution in [2.24, 2.45) is 11.1 Å². The first kappa shape index (κ1) is 10.2. The van der Waals surface area contributed by atoms with E-state index in [1.165, 1.54) is 24.2 Å². The van der Waals surface area contributed by atoms with Gasteiger partial charge in [0.2, 0.25) is 5.91 Å². The molecule has 1 heterocycles. The highest BCUT2D eigenvalue weighted by molar-refractivity contribution is 7.13. The molecule has 4 nitrogen and oxygen atoms in total. The lowest BCUT2D eigenvalue weighted by Crippen LogP contribution is -2.30. The molecule has 2 fully saturated rings. The molecule has 0 aliphatic heterocycles. The summed E-state index contributed by atoms with van der Waals surface area (Å²) < 4.78 is 0. The van der Waals surface area contributed by atoms with E-state index in [9.17, 15) is 4.79 Å². The van der Waals surface area contributed by atoms with E-state index in [0.29, 0.717) is 12.5 Å². The zero-order valence-corrected chi connectivity index (χ0v) is 9.85. The Labute approximate surface area is 98.3 Å². The summed E-state index contributed by atoms with van der Waals surface area (Å²) in [5, 5.41) is 5.67. The van der Waals surface area contributed by atoms with Crippen LogP contribution in [0.5, 0.6) is 0 Å². The molecule has 0 radical (unpaired) electrons. The van der Waals surface area contributed by atoms with Crippen LogP contribution in [0.25, 0.3) is 0 Å². The molecule has 2 saturated carbocycles. The van der Waals surface area contributed by atoms with E-state index in [-0.39, 0.29) is 11.3 Å². The third kappa shape index (κ3) is 1.74. The first-order valence-electron chi connectivity index (χ1n) is 5.70. The van der Waals surface area contributed by atoms with Gasteiger partial charge in [-0.1, -0.05) is 0 Å². The number of thiazole rings is 1. The van der Waals surface area contributed by atoms with E-state index in [4.69, 9.17) is 5.73 Å². The Morgan fingerprint density at radius 1 is 1.62 bits per heavy atom. The molecule has 0 bridgehead atoms. The van der Waals surface area contributed by atoms with E-state index in [0.717, 1.165) is 23.7 Å². The quantitative estimate of drug-likeness (QED) is 0.837. The van der Waals surface area contributed by atoms with E-state index in [1.807, 2.05) is 0 Å². The van der Waals surface area contributed by atoms with Crippen LogP contribution in [0.4, 0.5) is 5.13 Å². The van der Waals surface area contributed by atoms with Gasteiger partial charge in [-0.3, -0.25) is 4.79 Å². The van der Waals surface area contributed by atoms with Crippen LogP contribution in [-0.4, -0.2) is 17.4 Å². The van der Waals surface area contributed by atoms with Crippen LogP contribution in [-0.2, 0) is 4.79 Å². The number of amides is 1. The average Bonchev–Trinajstić information content (AvgIpc) is 3.19. The fraction of sp³-hybridized carbons (Fsp3) is 0.636. The number of carbonyl (C=O) groups is 1. The molecule has 2 aliphatic rings. The Morgan fingerprint density at radius 3 is 2.94 bits per heavy atom. The number of aromatic nitrogens is 1. The van der Waals surface area contributed by atoms with Crippen LogP contribution in [0, 0.1) is 5.41 Å². The summed E-state index contributed by atoms with van der Waals surface area (Å²) in [5.41, 5.74) is 6.46. The molecule has 0 spiro atoms. The number of carbonyl (C=O) groups excluding carboxylic acids is 1. The van der Waals surface area contributed by atoms with Crippen molar-refractivity contribution < 1.29 is 4.79 Å². The maximum absolute atomic E-state index is 11.9. The molecule has 5 heteroatoms. The number of nitrogens with zero attached hydrogens (tertiary/aromatic N) is 1. The number of rotatable bonds is 4. The monoisotopic (exact) mass is 237 g/mol. The molecule has 1 amide bonds. The lowest BCUT2D eigenvalue weighted by Gasteiger charge is -2.10. The van der Waals surface area contributed by atoms with Crippen LogP contribution < -0.4 is 11.1 Å². The minimum Gasteiger partial charge on any atom is -0.329 e. The number of nitrogens with one attached hydrogen (secondary N) is 1. The van der Waals surface area contributed by atoms with Crippen LogP contribution >= 0.6 is 11.3 Å². The van der Waals surface area contributed by atoms with Crippen molar-refractivity contribution >= 4 is 22.4 Å². The fourth-order valence-electron chi connectivity index (χ4n) is 1.81. The average molecular weight is 237 g/mol. The summed E-state index contributed by atoms with van der Waals surface area (Å²) in [5.74, 6) is 0.693. The molecular weight excluding hydrogens is 222 g/mol. The molecule has 3 rings (SSSR count). The van der Waals surface area contributed by atoms with Crippen molar-refractivity contribution in [1.29, 1.82) is 0 Å². The summed E-state index contributed by atoms with van der Waals surface area (Å²) in [7, 11) is 0. The number of anilines is 1. The normalized spacial score (nSPS) is 21.8. The second-order valence-electron chi connectivity index (χ2n) is 4.79. The molecule has 3 N–H and O–H groups in total. The summed E-state index contributed by atoms with van der Waals surface area (Å²) >= 11 is 1.52. The van der Waals surface area contributed by atoms with E-state index in [2.05, 4.69) is 15.7 Å². The molecule has 1 aromatic heterocycles. The first-order chi connectivity index (χ1) is 7.73. The van der Waals surface area contributed by atoms with Gasteiger partial charge in [0.15, 0.2) is 5.13 Å². The second kappa shape index (κ2) is 3.53. The van der Waals surface area contributed by atoms with Gasteiger partial charge < -0.3 is 11.1 Å². The molecule has 0 atom stereocenters. The maximum Gasteiger partial charge on any atom is 0.233 e. The molecule has 2 aliphatic carbocycles. The predicted octanol–water partition coefficient (Wildman–Crippen LogP) is 1.70.